The van der Waals surface area contributed by atoms with Crippen LogP contribution >= 0.6 is 33.9 Å². The predicted octanol–water partition coefficient (Wildman–Crippen LogP) is 5.49. The van der Waals surface area contributed by atoms with Crippen molar-refractivity contribution in [1.82, 2.24) is 0 Å². The zero-order chi connectivity index (χ0) is 13.6. The molecule has 1 N–H and O–H groups in total. The van der Waals surface area contributed by atoms with Crippen LogP contribution in [0.3, 0.4) is 0 Å². The van der Waals surface area contributed by atoms with E-state index in [1.54, 1.807) is 11.3 Å². The molecule has 0 aliphatic heterocycles. The van der Waals surface area contributed by atoms with Gasteiger partial charge in [0.25, 0.3) is 0 Å². The van der Waals surface area contributed by atoms with E-state index in [4.69, 9.17) is 0 Å². The molecule has 0 unspecified atom stereocenters. The van der Waals surface area contributed by atoms with Crippen molar-refractivity contribution >= 4 is 54.1 Å². The summed E-state index contributed by atoms with van der Waals surface area (Å²) in [6, 6.07) is 8.47. The van der Waals surface area contributed by atoms with E-state index in [1.165, 1.54) is 29.3 Å². The normalized spacial score (nSPS) is 11.5. The van der Waals surface area contributed by atoms with Crippen LogP contribution in [0.2, 0.25) is 0 Å². The number of phenols is 1. The van der Waals surface area contributed by atoms with Crippen molar-refractivity contribution in [2.24, 2.45) is 0 Å². The number of hydrogen-bond donors (Lipinski definition) is 1. The summed E-state index contributed by atoms with van der Waals surface area (Å²) in [6.45, 7) is 4.29. The van der Waals surface area contributed by atoms with Crippen molar-refractivity contribution in [2.75, 3.05) is 0 Å². The Morgan fingerprint density at radius 1 is 1.11 bits per heavy atom. The lowest BCUT2D eigenvalue weighted by Gasteiger charge is -2.03. The molecule has 0 aliphatic rings. The van der Waals surface area contributed by atoms with Gasteiger partial charge in [-0.3, -0.25) is 0 Å². The molecule has 0 aliphatic carbocycles. The first-order valence-electron chi connectivity index (χ1n) is 6.51. The van der Waals surface area contributed by atoms with Crippen molar-refractivity contribution in [1.29, 1.82) is 0 Å². The van der Waals surface area contributed by atoms with Crippen LogP contribution in [0, 0.1) is 3.57 Å². The van der Waals surface area contributed by atoms with Gasteiger partial charge in [-0.05, 0) is 65.3 Å². The zero-order valence-electron chi connectivity index (χ0n) is 11.0. The molecule has 1 aromatic heterocycles. The number of aromatic hydroxyl groups is 1. The summed E-state index contributed by atoms with van der Waals surface area (Å²) < 4.78 is 3.89. The van der Waals surface area contributed by atoms with Crippen LogP contribution in [0.4, 0.5) is 0 Å². The summed E-state index contributed by atoms with van der Waals surface area (Å²) in [4.78, 5) is 0. The van der Waals surface area contributed by atoms with Gasteiger partial charge in [-0.15, -0.1) is 11.3 Å². The van der Waals surface area contributed by atoms with E-state index in [9.17, 15) is 5.11 Å². The third-order valence-electron chi connectivity index (χ3n) is 3.62. The molecule has 19 heavy (non-hydrogen) atoms. The number of phenolic OH excluding ortho intramolecular Hbond substituents is 1. The van der Waals surface area contributed by atoms with Gasteiger partial charge in [0.05, 0.1) is 0 Å². The molecule has 0 fully saturated rings. The van der Waals surface area contributed by atoms with E-state index in [0.717, 1.165) is 18.4 Å². The molecule has 3 heteroatoms. The van der Waals surface area contributed by atoms with Crippen molar-refractivity contribution in [3.63, 3.8) is 0 Å². The van der Waals surface area contributed by atoms with Gasteiger partial charge in [-0.2, -0.15) is 0 Å². The number of thiophene rings is 1. The second-order valence-electron chi connectivity index (χ2n) is 4.69. The minimum absolute atomic E-state index is 0.423. The first-order chi connectivity index (χ1) is 9.15. The average Bonchev–Trinajstić information content (AvgIpc) is 2.74. The minimum Gasteiger partial charge on any atom is -0.508 e. The van der Waals surface area contributed by atoms with E-state index in [-0.39, 0.29) is 0 Å². The molecule has 3 aromatic rings. The quantitative estimate of drug-likeness (QED) is 0.581. The highest BCUT2D eigenvalue weighted by Crippen LogP contribution is 2.40. The molecular formula is C16H15IOS. The summed E-state index contributed by atoms with van der Waals surface area (Å²) in [5.74, 6) is 0.423. The van der Waals surface area contributed by atoms with Gasteiger partial charge >= 0.3 is 0 Å². The van der Waals surface area contributed by atoms with Crippen molar-refractivity contribution < 1.29 is 5.11 Å². The van der Waals surface area contributed by atoms with Crippen LogP contribution in [0.1, 0.15) is 25.0 Å². The van der Waals surface area contributed by atoms with Gasteiger partial charge in [0, 0.05) is 29.3 Å². The molecule has 0 amide bonds. The Balaban J connectivity index is 2.45. The Kier molecular flexibility index (Phi) is 3.43. The molecule has 0 saturated heterocycles. The maximum Gasteiger partial charge on any atom is 0.120 e. The fourth-order valence-electron chi connectivity index (χ4n) is 2.56. The average molecular weight is 382 g/mol. The number of benzene rings is 2. The van der Waals surface area contributed by atoms with Crippen LogP contribution in [0.15, 0.2) is 24.3 Å². The minimum atomic E-state index is 0.423. The van der Waals surface area contributed by atoms with E-state index in [2.05, 4.69) is 54.6 Å². The SMILES string of the molecule is CCc1cc2c(cc1I)sc1c(CC)c(O)ccc12. The molecule has 3 rings (SSSR count). The highest BCUT2D eigenvalue weighted by Gasteiger charge is 2.12. The van der Waals surface area contributed by atoms with E-state index in [1.807, 2.05) is 6.07 Å². The van der Waals surface area contributed by atoms with Gasteiger partial charge < -0.3 is 5.11 Å². The smallest absolute Gasteiger partial charge is 0.120 e. The number of rotatable bonds is 2. The lowest BCUT2D eigenvalue weighted by Crippen LogP contribution is -1.85. The lowest BCUT2D eigenvalue weighted by atomic mass is 10.0. The molecule has 0 radical (unpaired) electrons. The molecule has 98 valence electrons. The Hall–Kier alpha value is -0.810. The van der Waals surface area contributed by atoms with E-state index in [0.29, 0.717) is 5.75 Å². The number of fused-ring (bicyclic) bond motifs is 3. The van der Waals surface area contributed by atoms with Crippen molar-refractivity contribution in [3.05, 3.63) is 39.0 Å². The molecule has 2 aromatic carbocycles. The monoisotopic (exact) mass is 382 g/mol. The Labute approximate surface area is 130 Å². The van der Waals surface area contributed by atoms with Crippen molar-refractivity contribution in [3.8, 4) is 5.75 Å². The fraction of sp³-hybridized carbons (Fsp3) is 0.250. The van der Waals surface area contributed by atoms with Gasteiger partial charge in [-0.1, -0.05) is 13.8 Å². The summed E-state index contributed by atoms with van der Waals surface area (Å²) in [6.07, 6.45) is 1.93. The third kappa shape index (κ3) is 2.03. The van der Waals surface area contributed by atoms with Gasteiger partial charge in [0.2, 0.25) is 0 Å². The second kappa shape index (κ2) is 4.94. The van der Waals surface area contributed by atoms with Crippen LogP contribution < -0.4 is 0 Å². The molecular weight excluding hydrogens is 367 g/mol. The van der Waals surface area contributed by atoms with Gasteiger partial charge in [-0.25, -0.2) is 0 Å². The molecule has 0 spiro atoms. The molecule has 0 atom stereocenters. The van der Waals surface area contributed by atoms with Crippen LogP contribution in [0.25, 0.3) is 20.2 Å². The molecule has 1 heterocycles. The lowest BCUT2D eigenvalue weighted by molar-refractivity contribution is 0.470. The summed E-state index contributed by atoms with van der Waals surface area (Å²) in [5, 5.41) is 12.6. The van der Waals surface area contributed by atoms with E-state index < -0.39 is 0 Å². The molecule has 0 saturated carbocycles. The van der Waals surface area contributed by atoms with Crippen LogP contribution in [-0.4, -0.2) is 5.11 Å². The zero-order valence-corrected chi connectivity index (χ0v) is 13.9. The predicted molar refractivity (Wildman–Crippen MR) is 92.5 cm³/mol. The number of aryl methyl sites for hydroxylation is 2. The maximum absolute atomic E-state index is 9.99. The summed E-state index contributed by atoms with van der Waals surface area (Å²) in [7, 11) is 0. The topological polar surface area (TPSA) is 20.2 Å². The largest absolute Gasteiger partial charge is 0.508 e. The first-order valence-corrected chi connectivity index (χ1v) is 8.40. The maximum atomic E-state index is 9.99. The van der Waals surface area contributed by atoms with Crippen LogP contribution in [-0.2, 0) is 12.8 Å². The Morgan fingerprint density at radius 3 is 2.58 bits per heavy atom. The second-order valence-corrected chi connectivity index (χ2v) is 6.90. The summed E-state index contributed by atoms with van der Waals surface area (Å²) in [5.41, 5.74) is 2.48. The standard InChI is InChI=1S/C16H15IOS/c1-3-9-7-12-11-5-6-14(18)10(4-2)16(11)19-15(12)8-13(9)17/h5-8,18H,3-4H2,1-2H3. The molecule has 0 bridgehead atoms. The van der Waals surface area contributed by atoms with Crippen LogP contribution in [0.5, 0.6) is 5.75 Å². The van der Waals surface area contributed by atoms with Gasteiger partial charge in [0.15, 0.2) is 0 Å². The fourth-order valence-corrected chi connectivity index (χ4v) is 4.96. The number of hydrogen-bond acceptors (Lipinski definition) is 2. The number of halogens is 1. The van der Waals surface area contributed by atoms with Gasteiger partial charge in [0.1, 0.15) is 5.75 Å². The highest BCUT2D eigenvalue weighted by molar-refractivity contribution is 14.1. The molecule has 1 nitrogen and oxygen atoms in total. The van der Waals surface area contributed by atoms with E-state index >= 15 is 0 Å². The van der Waals surface area contributed by atoms with Crippen molar-refractivity contribution in [2.45, 2.75) is 26.7 Å². The first kappa shape index (κ1) is 13.2. The Morgan fingerprint density at radius 2 is 1.89 bits per heavy atom. The summed E-state index contributed by atoms with van der Waals surface area (Å²) >= 11 is 4.21. The third-order valence-corrected chi connectivity index (χ3v) is 5.85. The highest BCUT2D eigenvalue weighted by atomic mass is 127. The Bertz CT molecular complexity index is 773.